The maximum absolute atomic E-state index is 13.1. The van der Waals surface area contributed by atoms with Crippen LogP contribution in [0, 0.1) is 10.1 Å². The van der Waals surface area contributed by atoms with Gasteiger partial charge in [0.1, 0.15) is 0 Å². The molecule has 1 aromatic heterocycles. The molecule has 1 heterocycles. The molecule has 9 nitrogen and oxygen atoms in total. The van der Waals surface area contributed by atoms with Gasteiger partial charge in [0.05, 0.1) is 10.6 Å². The molecule has 3 aromatic carbocycles. The van der Waals surface area contributed by atoms with E-state index in [1.165, 1.54) is 24.3 Å². The molecule has 0 amide bonds. The average molecular weight is 524 g/mol. The Labute approximate surface area is 200 Å². The molecule has 0 spiro atoms. The van der Waals surface area contributed by atoms with E-state index in [0.717, 1.165) is 21.8 Å². The first kappa shape index (κ1) is 22.4. The van der Waals surface area contributed by atoms with Crippen molar-refractivity contribution in [2.45, 2.75) is 5.22 Å². The molecule has 164 valence electrons. The smallest absolute Gasteiger partial charge is 0.283 e. The van der Waals surface area contributed by atoms with Gasteiger partial charge in [0, 0.05) is 27.7 Å². The number of nitrogens with zero attached hydrogens (tertiary/aromatic N) is 4. The third-order valence-corrected chi connectivity index (χ3v) is 5.56. The van der Waals surface area contributed by atoms with Crippen LogP contribution in [0.15, 0.2) is 98.1 Å². The Bertz CT molecular complexity index is 1330. The summed E-state index contributed by atoms with van der Waals surface area (Å²) in [6, 6.07) is 21.7. The van der Waals surface area contributed by atoms with Crippen molar-refractivity contribution in [3.63, 3.8) is 0 Å². The summed E-state index contributed by atoms with van der Waals surface area (Å²) in [5, 5.41) is 23.3. The maximum Gasteiger partial charge on any atom is 0.283 e. The summed E-state index contributed by atoms with van der Waals surface area (Å²) in [5.74, 6) is -0.0501. The van der Waals surface area contributed by atoms with Crippen LogP contribution in [0.5, 0.6) is 0 Å². The number of carbonyl (C=O) groups is 1. The summed E-state index contributed by atoms with van der Waals surface area (Å²) in [6.45, 7) is 0. The summed E-state index contributed by atoms with van der Waals surface area (Å²) in [7, 11) is 0. The van der Waals surface area contributed by atoms with E-state index in [2.05, 4.69) is 36.7 Å². The molecule has 11 heteroatoms. The van der Waals surface area contributed by atoms with Gasteiger partial charge in [-0.3, -0.25) is 20.3 Å². The predicted octanol–water partition coefficient (Wildman–Crippen LogP) is 5.81. The number of Topliss-reactive ketones (excluding diaryl/α,β-unsaturated/α-hetero) is 1. The number of ketones is 1. The second-order valence-corrected chi connectivity index (χ2v) is 8.37. The molecule has 0 aliphatic carbocycles. The first-order valence-electron chi connectivity index (χ1n) is 9.45. The molecule has 0 fully saturated rings. The molecule has 0 radical (unpaired) electrons. The van der Waals surface area contributed by atoms with Gasteiger partial charge in [-0.25, -0.2) is 0 Å². The first-order valence-corrected chi connectivity index (χ1v) is 11.1. The van der Waals surface area contributed by atoms with Crippen molar-refractivity contribution in [1.29, 1.82) is 0 Å². The fraction of sp³-hybridized carbons (Fsp3) is 0. The van der Waals surface area contributed by atoms with Gasteiger partial charge >= 0.3 is 0 Å². The fourth-order valence-electron chi connectivity index (χ4n) is 2.68. The molecule has 0 unspecified atom stereocenters. The number of hydrazone groups is 1. The van der Waals surface area contributed by atoms with E-state index >= 15 is 0 Å². The summed E-state index contributed by atoms with van der Waals surface area (Å²) in [4.78, 5) is 23.4. The van der Waals surface area contributed by atoms with E-state index in [0.29, 0.717) is 17.1 Å². The van der Waals surface area contributed by atoms with Crippen LogP contribution in [0.4, 0.5) is 11.4 Å². The highest BCUT2D eigenvalue weighted by molar-refractivity contribution is 9.10. The second-order valence-electron chi connectivity index (χ2n) is 6.51. The lowest BCUT2D eigenvalue weighted by Crippen LogP contribution is -2.13. The number of thioether (sulfide) groups is 1. The van der Waals surface area contributed by atoms with Crippen molar-refractivity contribution in [2.24, 2.45) is 5.10 Å². The molecular weight excluding hydrogens is 510 g/mol. The monoisotopic (exact) mass is 523 g/mol. The molecule has 1 N–H and O–H groups in total. The number of aromatic nitrogens is 2. The molecule has 0 aliphatic heterocycles. The van der Waals surface area contributed by atoms with Gasteiger partial charge < -0.3 is 4.42 Å². The highest BCUT2D eigenvalue weighted by atomic mass is 79.9. The lowest BCUT2D eigenvalue weighted by atomic mass is 10.1. The Kier molecular flexibility index (Phi) is 6.91. The maximum atomic E-state index is 13.1. The Morgan fingerprint density at radius 2 is 1.79 bits per heavy atom. The van der Waals surface area contributed by atoms with Crippen LogP contribution in [-0.4, -0.2) is 25.9 Å². The van der Waals surface area contributed by atoms with Gasteiger partial charge in [0.25, 0.3) is 10.9 Å². The Morgan fingerprint density at radius 3 is 2.48 bits per heavy atom. The van der Waals surface area contributed by atoms with Gasteiger partial charge in [-0.15, -0.1) is 10.2 Å². The van der Waals surface area contributed by atoms with Crippen molar-refractivity contribution in [2.75, 3.05) is 5.43 Å². The van der Waals surface area contributed by atoms with E-state index < -0.39 is 4.92 Å². The summed E-state index contributed by atoms with van der Waals surface area (Å²) in [6.07, 6.45) is 0. The number of hydrogen-bond donors (Lipinski definition) is 1. The lowest BCUT2D eigenvalue weighted by Gasteiger charge is -2.05. The number of benzene rings is 3. The largest absolute Gasteiger partial charge is 0.411 e. The van der Waals surface area contributed by atoms with Gasteiger partial charge in [0.15, 0.2) is 5.04 Å². The third kappa shape index (κ3) is 5.70. The number of halogens is 1. The number of nitro groups is 1. The van der Waals surface area contributed by atoms with Crippen LogP contribution in [0.25, 0.3) is 11.5 Å². The van der Waals surface area contributed by atoms with Gasteiger partial charge in [-0.05, 0) is 42.1 Å². The van der Waals surface area contributed by atoms with Gasteiger partial charge in [0.2, 0.25) is 11.7 Å². The van der Waals surface area contributed by atoms with E-state index in [1.54, 1.807) is 30.3 Å². The van der Waals surface area contributed by atoms with Crippen LogP contribution in [0.1, 0.15) is 10.4 Å². The van der Waals surface area contributed by atoms with Crippen molar-refractivity contribution in [3.05, 3.63) is 99.0 Å². The van der Waals surface area contributed by atoms with Crippen LogP contribution in [0.2, 0.25) is 0 Å². The minimum absolute atomic E-state index is 0.0505. The number of rotatable bonds is 7. The topological polar surface area (TPSA) is 124 Å². The fourth-order valence-corrected chi connectivity index (χ4v) is 3.75. The molecule has 4 rings (SSSR count). The zero-order valence-electron chi connectivity index (χ0n) is 16.7. The number of carbonyl (C=O) groups excluding carboxylic acids is 1. The number of anilines is 1. The lowest BCUT2D eigenvalue weighted by molar-refractivity contribution is -0.384. The Morgan fingerprint density at radius 1 is 1.03 bits per heavy atom. The Hall–Kier alpha value is -3.83. The standard InChI is InChI=1S/C22H14BrN5O4S/c23-16-8-4-7-15(13-16)20-25-27-22(32-20)33-21(19(29)14-5-2-1-3-6-14)26-24-17-9-11-18(12-10-17)28(30)31/h1-13,24H. The number of nitrogens with one attached hydrogen (secondary N) is 1. The highest BCUT2D eigenvalue weighted by Crippen LogP contribution is 2.27. The molecule has 0 atom stereocenters. The molecular formula is C22H14BrN5O4S. The number of non-ortho nitro benzene ring substituents is 1. The minimum Gasteiger partial charge on any atom is -0.411 e. The van der Waals surface area contributed by atoms with Crippen molar-refractivity contribution in [3.8, 4) is 11.5 Å². The summed E-state index contributed by atoms with van der Waals surface area (Å²) < 4.78 is 6.58. The average Bonchev–Trinajstić information content (AvgIpc) is 3.31. The van der Waals surface area contributed by atoms with E-state index in [4.69, 9.17) is 4.42 Å². The van der Waals surface area contributed by atoms with Crippen molar-refractivity contribution < 1.29 is 14.1 Å². The van der Waals surface area contributed by atoms with Crippen LogP contribution >= 0.6 is 27.7 Å². The summed E-state index contributed by atoms with van der Waals surface area (Å²) in [5.41, 5.74) is 4.33. The van der Waals surface area contributed by atoms with Crippen LogP contribution < -0.4 is 5.43 Å². The molecule has 0 saturated carbocycles. The van der Waals surface area contributed by atoms with Gasteiger partial charge in [-0.1, -0.05) is 52.3 Å². The van der Waals surface area contributed by atoms with E-state index in [-0.39, 0.29) is 21.7 Å². The quantitative estimate of drug-likeness (QED) is 0.0803. The zero-order chi connectivity index (χ0) is 23.2. The SMILES string of the molecule is O=C(C(=NNc1ccc([N+](=O)[O-])cc1)Sc1nnc(-c2cccc(Br)c2)o1)c1ccccc1. The molecule has 33 heavy (non-hydrogen) atoms. The van der Waals surface area contributed by atoms with E-state index in [1.807, 2.05) is 24.3 Å². The molecule has 4 aromatic rings. The van der Waals surface area contributed by atoms with Crippen molar-refractivity contribution in [1.82, 2.24) is 10.2 Å². The molecule has 0 bridgehead atoms. The first-order chi connectivity index (χ1) is 16.0. The zero-order valence-corrected chi connectivity index (χ0v) is 19.1. The van der Waals surface area contributed by atoms with Crippen LogP contribution in [0.3, 0.4) is 0 Å². The minimum atomic E-state index is -0.494. The summed E-state index contributed by atoms with van der Waals surface area (Å²) >= 11 is 4.32. The predicted molar refractivity (Wildman–Crippen MR) is 128 cm³/mol. The Balaban J connectivity index is 1.60. The molecule has 0 saturated heterocycles. The van der Waals surface area contributed by atoms with Gasteiger partial charge in [-0.2, -0.15) is 5.10 Å². The third-order valence-electron chi connectivity index (χ3n) is 4.26. The van der Waals surface area contributed by atoms with Crippen molar-refractivity contribution >= 4 is 49.9 Å². The van der Waals surface area contributed by atoms with Crippen LogP contribution in [-0.2, 0) is 0 Å². The normalized spacial score (nSPS) is 11.2. The highest BCUT2D eigenvalue weighted by Gasteiger charge is 2.20. The van der Waals surface area contributed by atoms with E-state index in [9.17, 15) is 14.9 Å². The molecule has 0 aliphatic rings. The number of nitro benzene ring substituents is 1. The number of hydrogen-bond acceptors (Lipinski definition) is 9. The second kappa shape index (κ2) is 10.2.